The van der Waals surface area contributed by atoms with Crippen LogP contribution in [-0.4, -0.2) is 34.7 Å². The molecule has 1 N–H and O–H groups in total. The fourth-order valence-electron chi connectivity index (χ4n) is 1.17. The minimum Gasteiger partial charge on any atom is -0.396 e. The van der Waals surface area contributed by atoms with E-state index in [1.807, 2.05) is 11.6 Å². The maximum atomic E-state index is 8.70. The standard InChI is InChI=1S/C9H16N2OS/c1-2-11(5-3-6-12)8-9-10-4-7-13-9/h4,7,12H,2-3,5-6,8H2,1H3. The van der Waals surface area contributed by atoms with Gasteiger partial charge in [0.1, 0.15) is 5.01 Å². The molecule has 1 aromatic heterocycles. The Balaban J connectivity index is 2.31. The van der Waals surface area contributed by atoms with Crippen LogP contribution in [0.2, 0.25) is 0 Å². The van der Waals surface area contributed by atoms with Gasteiger partial charge >= 0.3 is 0 Å². The van der Waals surface area contributed by atoms with Gasteiger partial charge in [-0.3, -0.25) is 4.90 Å². The summed E-state index contributed by atoms with van der Waals surface area (Å²) < 4.78 is 0. The van der Waals surface area contributed by atoms with Gasteiger partial charge in [0.25, 0.3) is 0 Å². The van der Waals surface area contributed by atoms with Gasteiger partial charge in [-0.25, -0.2) is 4.98 Å². The summed E-state index contributed by atoms with van der Waals surface area (Å²) in [4.78, 5) is 6.51. The number of nitrogens with zero attached hydrogens (tertiary/aromatic N) is 2. The van der Waals surface area contributed by atoms with E-state index in [2.05, 4.69) is 16.8 Å². The van der Waals surface area contributed by atoms with E-state index < -0.39 is 0 Å². The molecule has 0 amide bonds. The molecule has 3 nitrogen and oxygen atoms in total. The largest absolute Gasteiger partial charge is 0.396 e. The maximum Gasteiger partial charge on any atom is 0.107 e. The molecular weight excluding hydrogens is 184 g/mol. The van der Waals surface area contributed by atoms with E-state index in [1.54, 1.807) is 11.3 Å². The number of aliphatic hydroxyl groups is 1. The van der Waals surface area contributed by atoms with Crippen molar-refractivity contribution in [3.63, 3.8) is 0 Å². The van der Waals surface area contributed by atoms with Crippen molar-refractivity contribution in [1.82, 2.24) is 9.88 Å². The number of aliphatic hydroxyl groups excluding tert-OH is 1. The minimum atomic E-state index is 0.272. The van der Waals surface area contributed by atoms with Crippen LogP contribution in [0.5, 0.6) is 0 Å². The molecule has 0 aliphatic heterocycles. The smallest absolute Gasteiger partial charge is 0.107 e. The van der Waals surface area contributed by atoms with Crippen LogP contribution in [0.25, 0.3) is 0 Å². The first kappa shape index (κ1) is 10.6. The number of thiazole rings is 1. The Morgan fingerprint density at radius 3 is 3.00 bits per heavy atom. The molecule has 0 aliphatic rings. The van der Waals surface area contributed by atoms with E-state index >= 15 is 0 Å². The van der Waals surface area contributed by atoms with Crippen molar-refractivity contribution in [2.75, 3.05) is 19.7 Å². The molecule has 0 atom stereocenters. The zero-order valence-electron chi connectivity index (χ0n) is 7.94. The zero-order chi connectivity index (χ0) is 9.52. The van der Waals surface area contributed by atoms with E-state index in [0.29, 0.717) is 0 Å². The summed E-state index contributed by atoms with van der Waals surface area (Å²) in [5.74, 6) is 0. The van der Waals surface area contributed by atoms with Crippen molar-refractivity contribution in [3.05, 3.63) is 16.6 Å². The monoisotopic (exact) mass is 200 g/mol. The number of hydrogen-bond acceptors (Lipinski definition) is 4. The molecule has 13 heavy (non-hydrogen) atoms. The fraction of sp³-hybridized carbons (Fsp3) is 0.667. The van der Waals surface area contributed by atoms with Crippen LogP contribution in [0.3, 0.4) is 0 Å². The average Bonchev–Trinajstić information content (AvgIpc) is 2.64. The Labute approximate surface area is 83.0 Å². The minimum absolute atomic E-state index is 0.272. The van der Waals surface area contributed by atoms with Crippen LogP contribution in [-0.2, 0) is 6.54 Å². The van der Waals surface area contributed by atoms with Crippen molar-refractivity contribution < 1.29 is 5.11 Å². The van der Waals surface area contributed by atoms with E-state index in [4.69, 9.17) is 5.11 Å². The fourth-order valence-corrected chi connectivity index (χ4v) is 1.82. The topological polar surface area (TPSA) is 36.4 Å². The van der Waals surface area contributed by atoms with Crippen molar-refractivity contribution in [2.45, 2.75) is 19.9 Å². The lowest BCUT2D eigenvalue weighted by Gasteiger charge is -2.17. The summed E-state index contributed by atoms with van der Waals surface area (Å²) in [6.45, 7) is 5.28. The van der Waals surface area contributed by atoms with E-state index in [-0.39, 0.29) is 6.61 Å². The van der Waals surface area contributed by atoms with Gasteiger partial charge in [-0.05, 0) is 13.0 Å². The van der Waals surface area contributed by atoms with Crippen LogP contribution < -0.4 is 0 Å². The van der Waals surface area contributed by atoms with E-state index in [9.17, 15) is 0 Å². The summed E-state index contributed by atoms with van der Waals surface area (Å²) in [6, 6.07) is 0. The molecule has 0 aromatic carbocycles. The second-order valence-electron chi connectivity index (χ2n) is 2.87. The molecule has 1 rings (SSSR count). The molecule has 4 heteroatoms. The third kappa shape index (κ3) is 3.85. The van der Waals surface area contributed by atoms with Gasteiger partial charge < -0.3 is 5.11 Å². The Hall–Kier alpha value is -0.450. The molecule has 1 heterocycles. The van der Waals surface area contributed by atoms with Crippen molar-refractivity contribution >= 4 is 11.3 Å². The molecule has 0 saturated carbocycles. The first-order valence-electron chi connectivity index (χ1n) is 4.58. The Bertz CT molecular complexity index is 213. The van der Waals surface area contributed by atoms with E-state index in [1.165, 1.54) is 0 Å². The van der Waals surface area contributed by atoms with Gasteiger partial charge in [0.05, 0.1) is 6.54 Å². The summed E-state index contributed by atoms with van der Waals surface area (Å²) >= 11 is 1.68. The second kappa shape index (κ2) is 6.07. The molecule has 0 spiro atoms. The first-order valence-corrected chi connectivity index (χ1v) is 5.46. The van der Waals surface area contributed by atoms with Crippen LogP contribution in [0.15, 0.2) is 11.6 Å². The number of rotatable bonds is 6. The SMILES string of the molecule is CCN(CCCO)Cc1nccs1. The summed E-state index contributed by atoms with van der Waals surface area (Å²) in [5.41, 5.74) is 0. The molecule has 0 saturated heterocycles. The maximum absolute atomic E-state index is 8.70. The lowest BCUT2D eigenvalue weighted by molar-refractivity contribution is 0.225. The number of hydrogen-bond donors (Lipinski definition) is 1. The summed E-state index contributed by atoms with van der Waals surface area (Å²) in [6.07, 6.45) is 2.68. The molecule has 0 radical (unpaired) electrons. The Morgan fingerprint density at radius 2 is 2.46 bits per heavy atom. The third-order valence-electron chi connectivity index (χ3n) is 1.92. The summed E-state index contributed by atoms with van der Waals surface area (Å²) in [7, 11) is 0. The van der Waals surface area contributed by atoms with E-state index in [0.717, 1.165) is 31.1 Å². The van der Waals surface area contributed by atoms with Crippen LogP contribution >= 0.6 is 11.3 Å². The Morgan fingerprint density at radius 1 is 1.62 bits per heavy atom. The van der Waals surface area contributed by atoms with Gasteiger partial charge in [-0.2, -0.15) is 0 Å². The zero-order valence-corrected chi connectivity index (χ0v) is 8.76. The van der Waals surface area contributed by atoms with Crippen LogP contribution in [0.1, 0.15) is 18.4 Å². The first-order chi connectivity index (χ1) is 6.36. The van der Waals surface area contributed by atoms with Gasteiger partial charge in [-0.1, -0.05) is 6.92 Å². The molecule has 74 valence electrons. The molecular formula is C9H16N2OS. The predicted molar refractivity (Wildman–Crippen MR) is 54.8 cm³/mol. The normalized spacial score (nSPS) is 11.0. The highest BCUT2D eigenvalue weighted by molar-refractivity contribution is 7.09. The Kier molecular flexibility index (Phi) is 4.97. The quantitative estimate of drug-likeness (QED) is 0.753. The second-order valence-corrected chi connectivity index (χ2v) is 3.85. The molecule has 0 bridgehead atoms. The van der Waals surface area contributed by atoms with Gasteiger partial charge in [0.15, 0.2) is 0 Å². The molecule has 1 aromatic rings. The van der Waals surface area contributed by atoms with Crippen molar-refractivity contribution in [1.29, 1.82) is 0 Å². The van der Waals surface area contributed by atoms with Crippen molar-refractivity contribution in [2.24, 2.45) is 0 Å². The highest BCUT2D eigenvalue weighted by Crippen LogP contribution is 2.07. The van der Waals surface area contributed by atoms with Crippen LogP contribution in [0, 0.1) is 0 Å². The lowest BCUT2D eigenvalue weighted by atomic mass is 10.4. The molecule has 0 aliphatic carbocycles. The third-order valence-corrected chi connectivity index (χ3v) is 2.69. The van der Waals surface area contributed by atoms with Crippen LogP contribution in [0.4, 0.5) is 0 Å². The highest BCUT2D eigenvalue weighted by Gasteiger charge is 2.04. The predicted octanol–water partition coefficient (Wildman–Crippen LogP) is 1.35. The highest BCUT2D eigenvalue weighted by atomic mass is 32.1. The summed E-state index contributed by atoms with van der Waals surface area (Å²) in [5, 5.41) is 11.8. The molecule has 0 fully saturated rings. The molecule has 0 unspecified atom stereocenters. The lowest BCUT2D eigenvalue weighted by Crippen LogP contribution is -2.24. The van der Waals surface area contributed by atoms with Gasteiger partial charge in [-0.15, -0.1) is 11.3 Å². The van der Waals surface area contributed by atoms with Gasteiger partial charge in [0.2, 0.25) is 0 Å². The van der Waals surface area contributed by atoms with Gasteiger partial charge in [0, 0.05) is 24.7 Å². The van der Waals surface area contributed by atoms with Crippen molar-refractivity contribution in [3.8, 4) is 0 Å². The average molecular weight is 200 g/mol. The number of aromatic nitrogens is 1.